The van der Waals surface area contributed by atoms with Crippen LogP contribution in [0, 0.1) is 5.82 Å². The molecule has 0 amide bonds. The van der Waals surface area contributed by atoms with Crippen molar-refractivity contribution in [2.24, 2.45) is 0 Å². The maximum atomic E-state index is 14.3. The molecule has 1 N–H and O–H groups in total. The lowest BCUT2D eigenvalue weighted by molar-refractivity contribution is 0.0566. The smallest absolute Gasteiger partial charge is 0.264 e. The van der Waals surface area contributed by atoms with Gasteiger partial charge in [0.15, 0.2) is 0 Å². The standard InChI is InChI=1S/C22H29FN2O2/c1-3-4-8-15-27-17(2)9-6-5-7-10-18-11-12-19(16-20(18)23)21-13-14-22(26)25-24-21/h7,10-14,16-17H,3-6,8-9,15H2,1-2H3,(H,25,26)/b10-7+. The Hall–Kier alpha value is -2.27. The number of rotatable bonds is 11. The first-order valence-corrected chi connectivity index (χ1v) is 9.74. The van der Waals surface area contributed by atoms with Gasteiger partial charge in [-0.05, 0) is 44.7 Å². The first-order chi connectivity index (χ1) is 13.1. The molecule has 1 aromatic carbocycles. The zero-order valence-corrected chi connectivity index (χ0v) is 16.2. The SMILES string of the molecule is CCCCCOC(C)CCC/C=C/c1ccc(-c2ccc(=O)[nH]n2)cc1F. The zero-order valence-electron chi connectivity index (χ0n) is 16.2. The number of H-pyrrole nitrogens is 1. The second-order valence-electron chi connectivity index (χ2n) is 6.76. The van der Waals surface area contributed by atoms with Crippen LogP contribution in [0.4, 0.5) is 4.39 Å². The fourth-order valence-corrected chi connectivity index (χ4v) is 2.78. The van der Waals surface area contributed by atoms with Crippen LogP contribution in [0.3, 0.4) is 0 Å². The Kier molecular flexibility index (Phi) is 8.92. The van der Waals surface area contributed by atoms with Crippen LogP contribution in [0.1, 0.15) is 57.9 Å². The van der Waals surface area contributed by atoms with Gasteiger partial charge in [-0.2, -0.15) is 5.10 Å². The van der Waals surface area contributed by atoms with Gasteiger partial charge in [-0.15, -0.1) is 0 Å². The van der Waals surface area contributed by atoms with Crippen molar-refractivity contribution in [1.82, 2.24) is 10.2 Å². The van der Waals surface area contributed by atoms with Gasteiger partial charge in [-0.1, -0.05) is 44.1 Å². The molecule has 1 heterocycles. The van der Waals surface area contributed by atoms with Gasteiger partial charge in [-0.25, -0.2) is 9.49 Å². The highest BCUT2D eigenvalue weighted by Crippen LogP contribution is 2.20. The molecule has 2 aromatic rings. The highest BCUT2D eigenvalue weighted by atomic mass is 19.1. The number of aromatic amines is 1. The molecular weight excluding hydrogens is 343 g/mol. The van der Waals surface area contributed by atoms with Crippen LogP contribution < -0.4 is 5.56 Å². The number of nitrogens with one attached hydrogen (secondary N) is 1. The summed E-state index contributed by atoms with van der Waals surface area (Å²) in [5.74, 6) is -0.302. The first kappa shape index (κ1) is 21.0. The average molecular weight is 372 g/mol. The minimum absolute atomic E-state index is 0.274. The molecule has 27 heavy (non-hydrogen) atoms. The highest BCUT2D eigenvalue weighted by Gasteiger charge is 2.05. The Morgan fingerprint density at radius 3 is 2.78 bits per heavy atom. The monoisotopic (exact) mass is 372 g/mol. The minimum Gasteiger partial charge on any atom is -0.379 e. The fourth-order valence-electron chi connectivity index (χ4n) is 2.78. The van der Waals surface area contributed by atoms with E-state index in [1.54, 1.807) is 18.2 Å². The molecule has 0 saturated carbocycles. The maximum absolute atomic E-state index is 14.3. The Labute approximate surface area is 160 Å². The minimum atomic E-state index is -0.302. The van der Waals surface area contributed by atoms with Crippen LogP contribution in [0.2, 0.25) is 0 Å². The molecule has 0 bridgehead atoms. The molecule has 1 atom stereocenters. The lowest BCUT2D eigenvalue weighted by Gasteiger charge is -2.12. The summed E-state index contributed by atoms with van der Waals surface area (Å²) in [5, 5.41) is 6.28. The molecule has 1 aromatic heterocycles. The molecule has 146 valence electrons. The molecule has 0 aliphatic carbocycles. The summed E-state index contributed by atoms with van der Waals surface area (Å²) in [7, 11) is 0. The fraction of sp³-hybridized carbons (Fsp3) is 0.455. The van der Waals surface area contributed by atoms with Crippen LogP contribution in [-0.2, 0) is 4.74 Å². The third-order valence-corrected chi connectivity index (χ3v) is 4.40. The molecule has 1 unspecified atom stereocenters. The van der Waals surface area contributed by atoms with E-state index in [1.165, 1.54) is 25.0 Å². The molecule has 0 saturated heterocycles. The third-order valence-electron chi connectivity index (χ3n) is 4.40. The van der Waals surface area contributed by atoms with Crippen LogP contribution in [0.15, 0.2) is 41.2 Å². The molecule has 0 aliphatic rings. The van der Waals surface area contributed by atoms with Crippen molar-refractivity contribution in [2.75, 3.05) is 6.61 Å². The molecule has 0 fully saturated rings. The van der Waals surface area contributed by atoms with E-state index in [2.05, 4.69) is 24.0 Å². The van der Waals surface area contributed by atoms with Crippen molar-refractivity contribution >= 4 is 6.08 Å². The number of aromatic nitrogens is 2. The van der Waals surface area contributed by atoms with E-state index < -0.39 is 0 Å². The maximum Gasteiger partial charge on any atom is 0.264 e. The number of hydrogen-bond donors (Lipinski definition) is 1. The molecular formula is C22H29FN2O2. The quantitative estimate of drug-likeness (QED) is 0.541. The second kappa shape index (κ2) is 11.4. The van der Waals surface area contributed by atoms with E-state index in [0.29, 0.717) is 16.8 Å². The van der Waals surface area contributed by atoms with E-state index in [0.717, 1.165) is 32.3 Å². The molecule has 4 nitrogen and oxygen atoms in total. The van der Waals surface area contributed by atoms with Gasteiger partial charge >= 0.3 is 0 Å². The summed E-state index contributed by atoms with van der Waals surface area (Å²) < 4.78 is 20.1. The Bertz CT molecular complexity index is 766. The number of nitrogens with zero attached hydrogens (tertiary/aromatic N) is 1. The molecule has 0 aliphatic heterocycles. The number of ether oxygens (including phenoxy) is 1. The predicted molar refractivity (Wildman–Crippen MR) is 108 cm³/mol. The van der Waals surface area contributed by atoms with Crippen molar-refractivity contribution in [3.05, 3.63) is 58.1 Å². The van der Waals surface area contributed by atoms with E-state index in [1.807, 2.05) is 12.2 Å². The summed E-state index contributed by atoms with van der Waals surface area (Å²) in [4.78, 5) is 11.1. The summed E-state index contributed by atoms with van der Waals surface area (Å²) >= 11 is 0. The van der Waals surface area contributed by atoms with Crippen molar-refractivity contribution in [1.29, 1.82) is 0 Å². The summed E-state index contributed by atoms with van der Waals surface area (Å²) in [6.45, 7) is 5.14. The van der Waals surface area contributed by atoms with Crippen molar-refractivity contribution in [3.63, 3.8) is 0 Å². The van der Waals surface area contributed by atoms with Crippen LogP contribution in [0.5, 0.6) is 0 Å². The van der Waals surface area contributed by atoms with Gasteiger partial charge < -0.3 is 4.74 Å². The van der Waals surface area contributed by atoms with E-state index in [9.17, 15) is 9.18 Å². The second-order valence-corrected chi connectivity index (χ2v) is 6.76. The lowest BCUT2D eigenvalue weighted by atomic mass is 10.1. The molecule has 2 rings (SSSR count). The van der Waals surface area contributed by atoms with Gasteiger partial charge in [0.2, 0.25) is 0 Å². The van der Waals surface area contributed by atoms with E-state index in [-0.39, 0.29) is 17.5 Å². The summed E-state index contributed by atoms with van der Waals surface area (Å²) in [6, 6.07) is 7.92. The Morgan fingerprint density at radius 1 is 1.22 bits per heavy atom. The topological polar surface area (TPSA) is 55.0 Å². The van der Waals surface area contributed by atoms with Crippen molar-refractivity contribution < 1.29 is 9.13 Å². The number of benzene rings is 1. The van der Waals surface area contributed by atoms with Crippen LogP contribution >= 0.6 is 0 Å². The molecule has 0 spiro atoms. The first-order valence-electron chi connectivity index (χ1n) is 9.74. The predicted octanol–water partition coefficient (Wildman–Crippen LogP) is 5.35. The molecule has 5 heteroatoms. The van der Waals surface area contributed by atoms with Crippen LogP contribution in [-0.4, -0.2) is 22.9 Å². The largest absolute Gasteiger partial charge is 0.379 e. The van der Waals surface area contributed by atoms with Gasteiger partial charge in [-0.3, -0.25) is 4.79 Å². The average Bonchev–Trinajstić information content (AvgIpc) is 2.66. The summed E-state index contributed by atoms with van der Waals surface area (Å²) in [5.41, 5.74) is 1.44. The lowest BCUT2D eigenvalue weighted by Crippen LogP contribution is -2.08. The van der Waals surface area contributed by atoms with Crippen molar-refractivity contribution in [3.8, 4) is 11.3 Å². The van der Waals surface area contributed by atoms with Gasteiger partial charge in [0, 0.05) is 23.8 Å². The number of hydrogen-bond acceptors (Lipinski definition) is 3. The molecule has 0 radical (unpaired) electrons. The van der Waals surface area contributed by atoms with Gasteiger partial charge in [0.05, 0.1) is 11.8 Å². The van der Waals surface area contributed by atoms with E-state index in [4.69, 9.17) is 4.74 Å². The zero-order chi connectivity index (χ0) is 19.5. The number of halogens is 1. The Morgan fingerprint density at radius 2 is 2.07 bits per heavy atom. The van der Waals surface area contributed by atoms with E-state index >= 15 is 0 Å². The Balaban J connectivity index is 1.78. The van der Waals surface area contributed by atoms with Gasteiger partial charge in [0.25, 0.3) is 5.56 Å². The van der Waals surface area contributed by atoms with Gasteiger partial charge in [0.1, 0.15) is 5.82 Å². The number of unbranched alkanes of at least 4 members (excludes halogenated alkanes) is 3. The summed E-state index contributed by atoms with van der Waals surface area (Å²) in [6.07, 6.45) is 10.6. The normalized spacial score (nSPS) is 12.6. The highest BCUT2D eigenvalue weighted by molar-refractivity contribution is 5.62. The third kappa shape index (κ3) is 7.47. The van der Waals surface area contributed by atoms with Crippen molar-refractivity contribution in [2.45, 2.75) is 58.5 Å². The van der Waals surface area contributed by atoms with Crippen LogP contribution in [0.25, 0.3) is 17.3 Å². The number of allylic oxidation sites excluding steroid dienone is 1.